The van der Waals surface area contributed by atoms with Gasteiger partial charge in [-0.2, -0.15) is 0 Å². The van der Waals surface area contributed by atoms with Gasteiger partial charge in [0.15, 0.2) is 0 Å². The summed E-state index contributed by atoms with van der Waals surface area (Å²) < 4.78 is 24.4. The van der Waals surface area contributed by atoms with E-state index in [0.717, 1.165) is 30.3 Å². The van der Waals surface area contributed by atoms with E-state index in [0.29, 0.717) is 19.5 Å². The molecule has 0 saturated carbocycles. The topological polar surface area (TPSA) is 66.5 Å². The Bertz CT molecular complexity index is 552. The van der Waals surface area contributed by atoms with Crippen molar-refractivity contribution in [2.45, 2.75) is 25.9 Å². The molecule has 1 heterocycles. The molecule has 0 unspecified atom stereocenters. The number of nitrogens with zero attached hydrogens (tertiary/aromatic N) is 1. The molecule has 6 heteroatoms. The van der Waals surface area contributed by atoms with Crippen LogP contribution in [0.3, 0.4) is 0 Å². The van der Waals surface area contributed by atoms with Crippen LogP contribution in [0.25, 0.3) is 0 Å². The third-order valence-corrected chi connectivity index (χ3v) is 3.77. The number of amides is 1. The predicted octanol–water partition coefficient (Wildman–Crippen LogP) is 0.858. The molecule has 0 atom stereocenters. The number of hydrogen-bond acceptors (Lipinski definition) is 3. The molecular weight excluding hydrogens is 264 g/mol. The zero-order chi connectivity index (χ0) is 13.9. The Hall–Kier alpha value is -1.40. The van der Waals surface area contributed by atoms with Crippen molar-refractivity contribution in [2.24, 2.45) is 0 Å². The lowest BCUT2D eigenvalue weighted by Crippen LogP contribution is -2.24. The maximum absolute atomic E-state index is 11.5. The van der Waals surface area contributed by atoms with E-state index in [2.05, 4.69) is 4.72 Å². The van der Waals surface area contributed by atoms with Gasteiger partial charge in [-0.25, -0.2) is 13.1 Å². The average molecular weight is 282 g/mol. The molecule has 2 rings (SSSR count). The van der Waals surface area contributed by atoms with Crippen LogP contribution in [-0.4, -0.2) is 32.0 Å². The zero-order valence-corrected chi connectivity index (χ0v) is 11.7. The summed E-state index contributed by atoms with van der Waals surface area (Å²) in [6.07, 6.45) is 2.73. The Balaban J connectivity index is 1.93. The van der Waals surface area contributed by atoms with Gasteiger partial charge >= 0.3 is 0 Å². The number of likely N-dealkylation sites (tertiary alicyclic amines) is 1. The first-order valence-electron chi connectivity index (χ1n) is 6.24. The van der Waals surface area contributed by atoms with E-state index in [1.807, 2.05) is 29.2 Å². The molecule has 1 N–H and O–H groups in total. The SMILES string of the molecule is CS(=O)(=O)NCc1ccc(CN2CCCC2=O)cc1. The quantitative estimate of drug-likeness (QED) is 0.871. The fraction of sp³-hybridized carbons (Fsp3) is 0.462. The zero-order valence-electron chi connectivity index (χ0n) is 10.9. The number of carbonyl (C=O) groups excluding carboxylic acids is 1. The molecule has 0 bridgehead atoms. The standard InChI is InChI=1S/C13H18N2O3S/c1-19(17,18)14-9-11-4-6-12(7-5-11)10-15-8-2-3-13(15)16/h4-7,14H,2-3,8-10H2,1H3. The molecule has 104 valence electrons. The largest absolute Gasteiger partial charge is 0.338 e. The van der Waals surface area contributed by atoms with Crippen molar-refractivity contribution < 1.29 is 13.2 Å². The Morgan fingerprint density at radius 3 is 2.37 bits per heavy atom. The Morgan fingerprint density at radius 1 is 1.21 bits per heavy atom. The first-order chi connectivity index (χ1) is 8.94. The molecule has 1 saturated heterocycles. The first-order valence-corrected chi connectivity index (χ1v) is 8.13. The van der Waals surface area contributed by atoms with Crippen molar-refractivity contribution in [3.05, 3.63) is 35.4 Å². The lowest BCUT2D eigenvalue weighted by molar-refractivity contribution is -0.128. The van der Waals surface area contributed by atoms with E-state index in [4.69, 9.17) is 0 Å². The van der Waals surface area contributed by atoms with E-state index in [1.54, 1.807) is 0 Å². The number of hydrogen-bond donors (Lipinski definition) is 1. The molecule has 5 nitrogen and oxygen atoms in total. The van der Waals surface area contributed by atoms with E-state index in [-0.39, 0.29) is 5.91 Å². The van der Waals surface area contributed by atoms with Crippen molar-refractivity contribution in [1.29, 1.82) is 0 Å². The van der Waals surface area contributed by atoms with Crippen LogP contribution in [0.1, 0.15) is 24.0 Å². The van der Waals surface area contributed by atoms with Crippen LogP contribution in [0, 0.1) is 0 Å². The highest BCUT2D eigenvalue weighted by Gasteiger charge is 2.19. The number of sulfonamides is 1. The lowest BCUT2D eigenvalue weighted by atomic mass is 10.1. The van der Waals surface area contributed by atoms with Gasteiger partial charge in [-0.3, -0.25) is 4.79 Å². The van der Waals surface area contributed by atoms with Crippen molar-refractivity contribution in [2.75, 3.05) is 12.8 Å². The molecule has 0 spiro atoms. The molecule has 19 heavy (non-hydrogen) atoms. The number of benzene rings is 1. The van der Waals surface area contributed by atoms with Gasteiger partial charge in [0.1, 0.15) is 0 Å². The molecule has 1 aromatic carbocycles. The van der Waals surface area contributed by atoms with Crippen molar-refractivity contribution >= 4 is 15.9 Å². The van der Waals surface area contributed by atoms with Crippen LogP contribution in [0.2, 0.25) is 0 Å². The predicted molar refractivity (Wildman–Crippen MR) is 72.8 cm³/mol. The Morgan fingerprint density at radius 2 is 1.84 bits per heavy atom. The van der Waals surface area contributed by atoms with Gasteiger partial charge in [0, 0.05) is 26.1 Å². The molecule has 1 amide bonds. The van der Waals surface area contributed by atoms with Gasteiger partial charge in [0.25, 0.3) is 0 Å². The van der Waals surface area contributed by atoms with Gasteiger partial charge in [-0.1, -0.05) is 24.3 Å². The number of carbonyl (C=O) groups is 1. The van der Waals surface area contributed by atoms with Crippen molar-refractivity contribution in [3.8, 4) is 0 Å². The van der Waals surface area contributed by atoms with Crippen LogP contribution in [0.5, 0.6) is 0 Å². The maximum atomic E-state index is 11.5. The van der Waals surface area contributed by atoms with Gasteiger partial charge in [0.2, 0.25) is 15.9 Å². The number of rotatable bonds is 5. The van der Waals surface area contributed by atoms with E-state index in [9.17, 15) is 13.2 Å². The summed E-state index contributed by atoms with van der Waals surface area (Å²) in [6, 6.07) is 7.64. The molecular formula is C13H18N2O3S. The van der Waals surface area contributed by atoms with Gasteiger partial charge in [-0.05, 0) is 17.5 Å². The van der Waals surface area contributed by atoms with Crippen LogP contribution >= 0.6 is 0 Å². The highest BCUT2D eigenvalue weighted by Crippen LogP contribution is 2.14. The van der Waals surface area contributed by atoms with Crippen LogP contribution < -0.4 is 4.72 Å². The summed E-state index contributed by atoms with van der Waals surface area (Å²) in [6.45, 7) is 1.76. The highest BCUT2D eigenvalue weighted by atomic mass is 32.2. The van der Waals surface area contributed by atoms with Crippen molar-refractivity contribution in [1.82, 2.24) is 9.62 Å². The molecule has 1 fully saturated rings. The lowest BCUT2D eigenvalue weighted by Gasteiger charge is -2.15. The molecule has 1 aliphatic heterocycles. The second kappa shape index (κ2) is 5.71. The van der Waals surface area contributed by atoms with E-state index >= 15 is 0 Å². The second-order valence-corrected chi connectivity index (χ2v) is 6.66. The molecule has 0 aliphatic carbocycles. The van der Waals surface area contributed by atoms with Crippen molar-refractivity contribution in [3.63, 3.8) is 0 Å². The Kier molecular flexibility index (Phi) is 4.21. The Labute approximate surface area is 113 Å². The smallest absolute Gasteiger partial charge is 0.222 e. The minimum Gasteiger partial charge on any atom is -0.338 e. The second-order valence-electron chi connectivity index (χ2n) is 4.83. The highest BCUT2D eigenvalue weighted by molar-refractivity contribution is 7.88. The fourth-order valence-electron chi connectivity index (χ4n) is 2.07. The third kappa shape index (κ3) is 4.33. The summed E-state index contributed by atoms with van der Waals surface area (Å²) >= 11 is 0. The van der Waals surface area contributed by atoms with Crippen LogP contribution in [0.15, 0.2) is 24.3 Å². The normalized spacial score (nSPS) is 16.1. The summed E-state index contributed by atoms with van der Waals surface area (Å²) in [4.78, 5) is 13.4. The third-order valence-electron chi connectivity index (χ3n) is 3.11. The minimum atomic E-state index is -3.16. The molecule has 1 aromatic rings. The summed E-state index contributed by atoms with van der Waals surface area (Å²) in [5, 5.41) is 0. The van der Waals surface area contributed by atoms with E-state index in [1.165, 1.54) is 0 Å². The summed E-state index contributed by atoms with van der Waals surface area (Å²) in [5.41, 5.74) is 1.97. The summed E-state index contributed by atoms with van der Waals surface area (Å²) in [7, 11) is -3.16. The van der Waals surface area contributed by atoms with Gasteiger partial charge in [-0.15, -0.1) is 0 Å². The fourth-order valence-corrected chi connectivity index (χ4v) is 2.50. The first kappa shape index (κ1) is 14.0. The summed E-state index contributed by atoms with van der Waals surface area (Å²) in [5.74, 6) is 0.211. The van der Waals surface area contributed by atoms with Crippen LogP contribution in [0.4, 0.5) is 0 Å². The van der Waals surface area contributed by atoms with Crippen LogP contribution in [-0.2, 0) is 27.9 Å². The molecule has 1 aliphatic rings. The average Bonchev–Trinajstić information content (AvgIpc) is 2.73. The minimum absolute atomic E-state index is 0.211. The van der Waals surface area contributed by atoms with E-state index < -0.39 is 10.0 Å². The van der Waals surface area contributed by atoms with Gasteiger partial charge < -0.3 is 4.90 Å². The van der Waals surface area contributed by atoms with Gasteiger partial charge in [0.05, 0.1) is 6.26 Å². The molecule has 0 radical (unpaired) electrons. The maximum Gasteiger partial charge on any atom is 0.222 e. The molecule has 0 aromatic heterocycles. The number of nitrogens with one attached hydrogen (secondary N) is 1. The monoisotopic (exact) mass is 282 g/mol.